The molecule has 1 heterocycles. The van der Waals surface area contributed by atoms with Gasteiger partial charge in [-0.25, -0.2) is 0 Å². The number of rotatable bonds is 8. The summed E-state index contributed by atoms with van der Waals surface area (Å²) in [6.07, 6.45) is 0. The third kappa shape index (κ3) is 5.26. The maximum absolute atomic E-state index is 12.7. The van der Waals surface area contributed by atoms with Crippen LogP contribution in [0.5, 0.6) is 5.75 Å². The minimum Gasteiger partial charge on any atom is -0.497 e. The van der Waals surface area contributed by atoms with Gasteiger partial charge in [0.05, 0.1) is 19.8 Å². The summed E-state index contributed by atoms with van der Waals surface area (Å²) in [6, 6.07) is 16.4. The Kier molecular flexibility index (Phi) is 8.07. The van der Waals surface area contributed by atoms with E-state index in [1.54, 1.807) is 7.11 Å². The number of amides is 1. The van der Waals surface area contributed by atoms with Crippen molar-refractivity contribution in [3.05, 3.63) is 65.2 Å². The number of nitrogens with one attached hydrogen (secondary N) is 1. The van der Waals surface area contributed by atoms with Crippen molar-refractivity contribution in [1.29, 1.82) is 0 Å². The molecule has 31 heavy (non-hydrogen) atoms. The summed E-state index contributed by atoms with van der Waals surface area (Å²) in [5.41, 5.74) is 2.96. The number of ether oxygens (including phenoxy) is 1. The summed E-state index contributed by atoms with van der Waals surface area (Å²) >= 11 is 0. The average molecular weight is 426 g/mol. The summed E-state index contributed by atoms with van der Waals surface area (Å²) in [5, 5.41) is 13.2. The van der Waals surface area contributed by atoms with Crippen molar-refractivity contribution in [3.63, 3.8) is 0 Å². The molecule has 6 heteroatoms. The summed E-state index contributed by atoms with van der Waals surface area (Å²) in [5.74, 6) is 0.877. The summed E-state index contributed by atoms with van der Waals surface area (Å²) < 4.78 is 5.48. The first-order valence-corrected chi connectivity index (χ1v) is 11.2. The number of aliphatic hydroxyl groups excluding tert-OH is 1. The molecule has 2 aromatic rings. The lowest BCUT2D eigenvalue weighted by Crippen LogP contribution is -2.57. The molecule has 0 radical (unpaired) electrons. The van der Waals surface area contributed by atoms with E-state index in [-0.39, 0.29) is 30.6 Å². The molecule has 1 fully saturated rings. The third-order valence-electron chi connectivity index (χ3n) is 6.18. The molecule has 2 aromatic carbocycles. The van der Waals surface area contributed by atoms with Gasteiger partial charge in [0.15, 0.2) is 0 Å². The van der Waals surface area contributed by atoms with Crippen molar-refractivity contribution < 1.29 is 14.6 Å². The van der Waals surface area contributed by atoms with Gasteiger partial charge in [-0.1, -0.05) is 24.3 Å². The lowest BCUT2D eigenvalue weighted by Gasteiger charge is -2.43. The fraction of sp³-hybridized carbons (Fsp3) is 0.480. The molecule has 0 aliphatic carbocycles. The van der Waals surface area contributed by atoms with Crippen LogP contribution in [0, 0.1) is 0 Å². The Labute approximate surface area is 185 Å². The Morgan fingerprint density at radius 2 is 1.90 bits per heavy atom. The van der Waals surface area contributed by atoms with Gasteiger partial charge in [-0.15, -0.1) is 0 Å². The minimum absolute atomic E-state index is 0.00106. The molecule has 2 N–H and O–H groups in total. The van der Waals surface area contributed by atoms with E-state index in [2.05, 4.69) is 41.4 Å². The van der Waals surface area contributed by atoms with Gasteiger partial charge in [0, 0.05) is 43.8 Å². The van der Waals surface area contributed by atoms with E-state index in [9.17, 15) is 9.90 Å². The van der Waals surface area contributed by atoms with Crippen LogP contribution in [0.3, 0.4) is 0 Å². The second kappa shape index (κ2) is 10.8. The first-order valence-electron chi connectivity index (χ1n) is 11.2. The predicted octanol–water partition coefficient (Wildman–Crippen LogP) is 2.92. The van der Waals surface area contributed by atoms with Crippen molar-refractivity contribution in [3.8, 4) is 5.75 Å². The highest BCUT2D eigenvalue weighted by molar-refractivity contribution is 5.94. The summed E-state index contributed by atoms with van der Waals surface area (Å²) in [7, 11) is 1.68. The van der Waals surface area contributed by atoms with Crippen molar-refractivity contribution >= 4 is 5.91 Å². The smallest absolute Gasteiger partial charge is 0.253 e. The number of methoxy groups -OCH3 is 1. The van der Waals surface area contributed by atoms with Crippen molar-refractivity contribution in [2.45, 2.75) is 38.9 Å². The average Bonchev–Trinajstić information content (AvgIpc) is 2.81. The van der Waals surface area contributed by atoms with Gasteiger partial charge < -0.3 is 20.1 Å². The molecule has 1 aliphatic rings. The van der Waals surface area contributed by atoms with Crippen molar-refractivity contribution in [1.82, 2.24) is 15.1 Å². The van der Waals surface area contributed by atoms with Crippen LogP contribution < -0.4 is 10.1 Å². The van der Waals surface area contributed by atoms with Gasteiger partial charge in [0.1, 0.15) is 5.75 Å². The number of aliphatic hydroxyl groups is 1. The molecule has 168 valence electrons. The maximum atomic E-state index is 12.7. The molecule has 1 amide bonds. The predicted molar refractivity (Wildman–Crippen MR) is 124 cm³/mol. The Morgan fingerprint density at radius 3 is 2.52 bits per heavy atom. The van der Waals surface area contributed by atoms with E-state index in [0.717, 1.165) is 30.0 Å². The molecule has 3 atom stereocenters. The highest BCUT2D eigenvalue weighted by atomic mass is 16.5. The van der Waals surface area contributed by atoms with Crippen LogP contribution >= 0.6 is 0 Å². The second-order valence-corrected chi connectivity index (χ2v) is 8.11. The van der Waals surface area contributed by atoms with Gasteiger partial charge in [0.25, 0.3) is 5.91 Å². The zero-order valence-electron chi connectivity index (χ0n) is 19.0. The Balaban J connectivity index is 1.99. The van der Waals surface area contributed by atoms with Gasteiger partial charge in [-0.05, 0) is 56.2 Å². The molecule has 6 nitrogen and oxygen atoms in total. The van der Waals surface area contributed by atoms with Crippen LogP contribution in [-0.2, 0) is 0 Å². The van der Waals surface area contributed by atoms with E-state index >= 15 is 0 Å². The largest absolute Gasteiger partial charge is 0.497 e. The van der Waals surface area contributed by atoms with Gasteiger partial charge in [-0.3, -0.25) is 9.69 Å². The number of nitrogens with zero attached hydrogens (tertiary/aromatic N) is 2. The topological polar surface area (TPSA) is 65.0 Å². The second-order valence-electron chi connectivity index (χ2n) is 8.11. The summed E-state index contributed by atoms with van der Waals surface area (Å²) in [6.45, 7) is 9.24. The van der Waals surface area contributed by atoms with E-state index in [1.165, 1.54) is 0 Å². The third-order valence-corrected chi connectivity index (χ3v) is 6.18. The molecule has 0 aromatic heterocycles. The minimum atomic E-state index is -0.00106. The molecule has 0 spiro atoms. The normalized spacial score (nSPS) is 20.3. The van der Waals surface area contributed by atoms with Crippen LogP contribution in [-0.4, -0.2) is 72.8 Å². The fourth-order valence-corrected chi connectivity index (χ4v) is 4.32. The zero-order chi connectivity index (χ0) is 22.4. The standard InChI is InChI=1S/C25H35N3O3/c1-5-27(6-2)25(30)20-12-10-19(11-13-20)24(21-8-7-9-23(14-21)31-4)28-16-22(17-29)26-15-18(28)3/h7-14,18,22,24,26,29H,5-6,15-17H2,1-4H3. The number of carbonyl (C=O) groups excluding carboxylic acids is 1. The maximum Gasteiger partial charge on any atom is 0.253 e. The van der Waals surface area contributed by atoms with Crippen LogP contribution in [0.25, 0.3) is 0 Å². The van der Waals surface area contributed by atoms with Gasteiger partial charge in [-0.2, -0.15) is 0 Å². The number of piperazine rings is 1. The Morgan fingerprint density at radius 1 is 1.19 bits per heavy atom. The number of carbonyl (C=O) groups is 1. The number of hydrogen-bond acceptors (Lipinski definition) is 5. The number of benzene rings is 2. The van der Waals surface area contributed by atoms with Crippen LogP contribution in [0.2, 0.25) is 0 Å². The van der Waals surface area contributed by atoms with Gasteiger partial charge in [0.2, 0.25) is 0 Å². The molecule has 3 unspecified atom stereocenters. The molecule has 3 rings (SSSR count). The molecular formula is C25H35N3O3. The van der Waals surface area contributed by atoms with E-state index < -0.39 is 0 Å². The quantitative estimate of drug-likeness (QED) is 0.681. The first-order chi connectivity index (χ1) is 15.0. The lowest BCUT2D eigenvalue weighted by atomic mass is 9.93. The Hall–Kier alpha value is -2.41. The molecule has 0 bridgehead atoms. The Bertz CT molecular complexity index is 851. The zero-order valence-corrected chi connectivity index (χ0v) is 19.0. The summed E-state index contributed by atoms with van der Waals surface area (Å²) in [4.78, 5) is 17.0. The highest BCUT2D eigenvalue weighted by Crippen LogP contribution is 2.33. The van der Waals surface area contributed by atoms with E-state index in [1.807, 2.05) is 43.0 Å². The monoisotopic (exact) mass is 425 g/mol. The highest BCUT2D eigenvalue weighted by Gasteiger charge is 2.32. The van der Waals surface area contributed by atoms with Gasteiger partial charge >= 0.3 is 0 Å². The van der Waals surface area contributed by atoms with Crippen molar-refractivity contribution in [2.24, 2.45) is 0 Å². The fourth-order valence-electron chi connectivity index (χ4n) is 4.32. The SMILES string of the molecule is CCN(CC)C(=O)c1ccc(C(c2cccc(OC)c2)N2CC(CO)NCC2C)cc1. The molecule has 1 aliphatic heterocycles. The van der Waals surface area contributed by atoms with Crippen molar-refractivity contribution in [2.75, 3.05) is 39.9 Å². The lowest BCUT2D eigenvalue weighted by molar-refractivity contribution is 0.0772. The first kappa shape index (κ1) is 23.3. The van der Waals surface area contributed by atoms with Crippen LogP contribution in [0.1, 0.15) is 48.3 Å². The van der Waals surface area contributed by atoms with E-state index in [4.69, 9.17) is 4.74 Å². The van der Waals surface area contributed by atoms with E-state index in [0.29, 0.717) is 18.7 Å². The molecule has 1 saturated heterocycles. The molecule has 0 saturated carbocycles. The van der Waals surface area contributed by atoms with Crippen LogP contribution in [0.15, 0.2) is 48.5 Å². The number of hydrogen-bond donors (Lipinski definition) is 2. The molecular weight excluding hydrogens is 390 g/mol. The van der Waals surface area contributed by atoms with Crippen LogP contribution in [0.4, 0.5) is 0 Å².